The molecule has 1 spiro atoms. The zero-order valence-electron chi connectivity index (χ0n) is 17.7. The monoisotopic (exact) mass is 445 g/mol. The van der Waals surface area contributed by atoms with E-state index >= 15 is 0 Å². The zero-order valence-corrected chi connectivity index (χ0v) is 17.7. The van der Waals surface area contributed by atoms with Crippen molar-refractivity contribution in [1.82, 2.24) is 25.3 Å². The third kappa shape index (κ3) is 5.45. The van der Waals surface area contributed by atoms with Crippen LogP contribution < -0.4 is 16.0 Å². The number of aromatic nitrogens is 4. The zero-order chi connectivity index (χ0) is 23.2. The van der Waals surface area contributed by atoms with Gasteiger partial charge in [0.25, 0.3) is 12.4 Å². The lowest BCUT2D eigenvalue weighted by atomic mass is 9.75. The van der Waals surface area contributed by atoms with Gasteiger partial charge < -0.3 is 30.9 Å². The van der Waals surface area contributed by atoms with Gasteiger partial charge >= 0.3 is 0 Å². The van der Waals surface area contributed by atoms with Crippen molar-refractivity contribution in [2.45, 2.75) is 43.4 Å². The van der Waals surface area contributed by atoms with Crippen molar-refractivity contribution in [3.05, 3.63) is 36.5 Å². The standard InChI is InChI=1S/C19H25N7O3.CH2O2/c1-18(28)12-19(3-8-26(9-4-19)17-23-5-2-15(20)25-17)29-11-14(18)24-16(27)13-10-21-6-7-22-13;2-1-3/h2,5-7,10,14,28H,3-4,8-9,11-12H2,1H3,(H,24,27)(H2,20,23,25);1H,(H,2,3)/t14-,18-;/m0./s1. The predicted octanol–water partition coefficient (Wildman–Crippen LogP) is -0.141. The molecule has 2 saturated heterocycles. The largest absolute Gasteiger partial charge is 0.483 e. The van der Waals surface area contributed by atoms with Crippen molar-refractivity contribution >= 4 is 24.1 Å². The van der Waals surface area contributed by atoms with Crippen molar-refractivity contribution in [3.8, 4) is 0 Å². The first-order valence-corrected chi connectivity index (χ1v) is 10.1. The number of carboxylic acid groups (broad SMARTS) is 1. The van der Waals surface area contributed by atoms with Crippen molar-refractivity contribution in [3.63, 3.8) is 0 Å². The molecule has 0 aliphatic carbocycles. The number of hydrogen-bond acceptors (Lipinski definition) is 10. The molecule has 32 heavy (non-hydrogen) atoms. The molecule has 0 aromatic carbocycles. The third-order valence-corrected chi connectivity index (χ3v) is 5.71. The first kappa shape index (κ1) is 23.3. The van der Waals surface area contributed by atoms with Gasteiger partial charge in [-0.2, -0.15) is 4.98 Å². The minimum atomic E-state index is -1.11. The van der Waals surface area contributed by atoms with E-state index in [0.717, 1.165) is 12.8 Å². The van der Waals surface area contributed by atoms with Gasteiger partial charge in [0, 0.05) is 38.1 Å². The fourth-order valence-corrected chi connectivity index (χ4v) is 4.06. The Balaban J connectivity index is 0.000000913. The number of nitrogens with one attached hydrogen (secondary N) is 1. The van der Waals surface area contributed by atoms with Gasteiger partial charge in [-0.1, -0.05) is 0 Å². The quantitative estimate of drug-likeness (QED) is 0.462. The van der Waals surface area contributed by atoms with E-state index in [-0.39, 0.29) is 24.7 Å². The molecular weight excluding hydrogens is 418 g/mol. The highest BCUT2D eigenvalue weighted by atomic mass is 16.5. The molecule has 0 radical (unpaired) electrons. The van der Waals surface area contributed by atoms with Gasteiger partial charge in [-0.3, -0.25) is 14.6 Å². The van der Waals surface area contributed by atoms with Crippen molar-refractivity contribution in [1.29, 1.82) is 0 Å². The van der Waals surface area contributed by atoms with E-state index in [1.54, 1.807) is 19.2 Å². The number of anilines is 2. The summed E-state index contributed by atoms with van der Waals surface area (Å²) in [6, 6.07) is 1.13. The molecule has 1 amide bonds. The van der Waals surface area contributed by atoms with E-state index in [9.17, 15) is 9.90 Å². The molecule has 4 heterocycles. The van der Waals surface area contributed by atoms with Crippen LogP contribution in [-0.2, 0) is 9.53 Å². The number of nitrogens with zero attached hydrogens (tertiary/aromatic N) is 5. The van der Waals surface area contributed by atoms with Gasteiger partial charge in [-0.15, -0.1) is 0 Å². The number of ether oxygens (including phenoxy) is 1. The minimum absolute atomic E-state index is 0.207. The Morgan fingerprint density at radius 3 is 2.62 bits per heavy atom. The normalized spacial score (nSPS) is 24.2. The van der Waals surface area contributed by atoms with E-state index in [1.807, 2.05) is 0 Å². The summed E-state index contributed by atoms with van der Waals surface area (Å²) in [5, 5.41) is 20.8. The highest BCUT2D eigenvalue weighted by Gasteiger charge is 2.49. The van der Waals surface area contributed by atoms with Crippen LogP contribution in [0.4, 0.5) is 11.8 Å². The second kappa shape index (κ2) is 9.83. The third-order valence-electron chi connectivity index (χ3n) is 5.71. The minimum Gasteiger partial charge on any atom is -0.483 e. The molecule has 2 aliphatic rings. The number of nitrogen functional groups attached to an aromatic ring is 1. The van der Waals surface area contributed by atoms with Crippen LogP contribution in [0.5, 0.6) is 0 Å². The Labute approximate surface area is 184 Å². The van der Waals surface area contributed by atoms with Crippen LogP contribution in [0.2, 0.25) is 0 Å². The van der Waals surface area contributed by atoms with Crippen LogP contribution in [0.15, 0.2) is 30.9 Å². The van der Waals surface area contributed by atoms with E-state index in [1.165, 1.54) is 18.6 Å². The van der Waals surface area contributed by atoms with Crippen LogP contribution >= 0.6 is 0 Å². The SMILES string of the molecule is C[C@]1(O)CC2(CCN(c3nccc(N)n3)CC2)OC[C@@H]1NC(=O)c1cnccn1.O=CO. The molecule has 2 aliphatic heterocycles. The van der Waals surface area contributed by atoms with E-state index in [0.29, 0.717) is 31.3 Å². The smallest absolute Gasteiger partial charge is 0.290 e. The Hall–Kier alpha value is -3.38. The summed E-state index contributed by atoms with van der Waals surface area (Å²) in [6.07, 6.45) is 7.88. The highest BCUT2D eigenvalue weighted by Crippen LogP contribution is 2.40. The predicted molar refractivity (Wildman–Crippen MR) is 114 cm³/mol. The summed E-state index contributed by atoms with van der Waals surface area (Å²) in [4.78, 5) is 39.3. The molecular formula is C20H27N7O5. The van der Waals surface area contributed by atoms with Crippen molar-refractivity contribution < 1.29 is 24.5 Å². The number of aliphatic hydroxyl groups is 1. The molecule has 0 saturated carbocycles. The maximum absolute atomic E-state index is 12.4. The molecule has 0 unspecified atom stereocenters. The van der Waals surface area contributed by atoms with Crippen molar-refractivity contribution in [2.75, 3.05) is 30.3 Å². The molecule has 2 aromatic rings. The molecule has 2 aromatic heterocycles. The first-order chi connectivity index (χ1) is 15.3. The first-order valence-electron chi connectivity index (χ1n) is 10.1. The van der Waals surface area contributed by atoms with E-state index < -0.39 is 17.2 Å². The molecule has 172 valence electrons. The Morgan fingerprint density at radius 2 is 2.03 bits per heavy atom. The van der Waals surface area contributed by atoms with Gasteiger partial charge in [0.2, 0.25) is 5.95 Å². The average molecular weight is 445 g/mol. The summed E-state index contributed by atoms with van der Waals surface area (Å²) in [7, 11) is 0. The summed E-state index contributed by atoms with van der Waals surface area (Å²) < 4.78 is 6.20. The average Bonchev–Trinajstić information content (AvgIpc) is 2.77. The van der Waals surface area contributed by atoms with Gasteiger partial charge in [0.05, 0.1) is 30.0 Å². The Bertz CT molecular complexity index is 920. The van der Waals surface area contributed by atoms with E-state index in [4.69, 9.17) is 20.4 Å². The van der Waals surface area contributed by atoms with Gasteiger partial charge in [0.15, 0.2) is 0 Å². The molecule has 4 rings (SSSR count). The molecule has 2 atom stereocenters. The second-order valence-corrected chi connectivity index (χ2v) is 8.02. The maximum Gasteiger partial charge on any atom is 0.290 e. The highest BCUT2D eigenvalue weighted by molar-refractivity contribution is 5.92. The summed E-state index contributed by atoms with van der Waals surface area (Å²) in [5.74, 6) is 0.668. The number of hydrogen-bond donors (Lipinski definition) is 4. The Morgan fingerprint density at radius 1 is 1.31 bits per heavy atom. The fraction of sp³-hybridized carbons (Fsp3) is 0.500. The van der Waals surface area contributed by atoms with Crippen LogP contribution in [0.1, 0.15) is 36.7 Å². The molecule has 12 nitrogen and oxygen atoms in total. The van der Waals surface area contributed by atoms with Gasteiger partial charge in [-0.25, -0.2) is 9.97 Å². The molecule has 0 bridgehead atoms. The number of piperidine rings is 1. The molecule has 2 fully saturated rings. The number of carbonyl (C=O) groups is 2. The molecule has 12 heteroatoms. The summed E-state index contributed by atoms with van der Waals surface area (Å²) >= 11 is 0. The topological polar surface area (TPSA) is 177 Å². The fourth-order valence-electron chi connectivity index (χ4n) is 4.06. The van der Waals surface area contributed by atoms with E-state index in [2.05, 4.69) is 30.2 Å². The van der Waals surface area contributed by atoms with Crippen LogP contribution in [0.3, 0.4) is 0 Å². The van der Waals surface area contributed by atoms with Crippen molar-refractivity contribution in [2.24, 2.45) is 0 Å². The number of nitrogens with two attached hydrogens (primary N) is 1. The lowest BCUT2D eigenvalue weighted by Gasteiger charge is -2.51. The van der Waals surface area contributed by atoms with Crippen LogP contribution in [0.25, 0.3) is 0 Å². The van der Waals surface area contributed by atoms with Gasteiger partial charge in [0.1, 0.15) is 11.5 Å². The van der Waals surface area contributed by atoms with Gasteiger partial charge in [-0.05, 0) is 25.8 Å². The Kier molecular flexibility index (Phi) is 7.15. The van der Waals surface area contributed by atoms with Crippen LogP contribution in [0, 0.1) is 0 Å². The summed E-state index contributed by atoms with van der Waals surface area (Å²) in [5.41, 5.74) is 4.42. The lowest BCUT2D eigenvalue weighted by molar-refractivity contribution is -0.176. The number of amides is 1. The number of carbonyl (C=O) groups excluding carboxylic acids is 1. The lowest BCUT2D eigenvalue weighted by Crippen LogP contribution is -2.64. The van der Waals surface area contributed by atoms with Crippen LogP contribution in [-0.4, -0.2) is 79.5 Å². The number of rotatable bonds is 3. The maximum atomic E-state index is 12.4. The molecule has 5 N–H and O–H groups in total. The second-order valence-electron chi connectivity index (χ2n) is 8.02. The summed E-state index contributed by atoms with van der Waals surface area (Å²) in [6.45, 7) is 3.13.